The molecule has 9 aromatic carbocycles. The predicted octanol–water partition coefficient (Wildman–Crippen LogP) is 13.6. The number of hydrogen-bond donors (Lipinski definition) is 0. The van der Waals surface area contributed by atoms with E-state index in [1.54, 1.807) is 0 Å². The lowest BCUT2D eigenvalue weighted by Gasteiger charge is -2.12. The average molecular weight is 725 g/mol. The molecule has 0 amide bonds. The second-order valence-electron chi connectivity index (χ2n) is 14.8. The lowest BCUT2D eigenvalue weighted by molar-refractivity contribution is 1.07. The van der Waals surface area contributed by atoms with Crippen LogP contribution in [0.1, 0.15) is 0 Å². The predicted molar refractivity (Wildman–Crippen MR) is 235 cm³/mol. The van der Waals surface area contributed by atoms with Crippen LogP contribution in [0.2, 0.25) is 0 Å². The highest BCUT2D eigenvalue weighted by molar-refractivity contribution is 6.33. The molecule has 0 fully saturated rings. The SMILES string of the molecule is c1ccc(-c2ccc(-c3nc(-c4ccccc4)nc(-c4cccc(-n5c6ccc7ccccc7c6c6c7cccc8c7c(cc65)-c5ccccc5-8)c4)n3)cc2)cc1. The van der Waals surface area contributed by atoms with Crippen LogP contribution >= 0.6 is 0 Å². The highest BCUT2D eigenvalue weighted by atomic mass is 15.0. The summed E-state index contributed by atoms with van der Waals surface area (Å²) >= 11 is 0. The van der Waals surface area contributed by atoms with Gasteiger partial charge in [-0.15, -0.1) is 0 Å². The van der Waals surface area contributed by atoms with Crippen LogP contribution in [0, 0.1) is 0 Å². The molecule has 0 radical (unpaired) electrons. The Balaban J connectivity index is 1.09. The molecule has 0 bridgehead atoms. The molecule has 264 valence electrons. The summed E-state index contributed by atoms with van der Waals surface area (Å²) in [5.41, 5.74) is 13.7. The zero-order chi connectivity index (χ0) is 37.5. The molecule has 0 spiro atoms. The Kier molecular flexibility index (Phi) is 6.89. The first-order valence-corrected chi connectivity index (χ1v) is 19.4. The second-order valence-corrected chi connectivity index (χ2v) is 14.8. The van der Waals surface area contributed by atoms with E-state index < -0.39 is 0 Å². The minimum Gasteiger partial charge on any atom is -0.309 e. The van der Waals surface area contributed by atoms with E-state index in [1.807, 2.05) is 24.3 Å². The Bertz CT molecular complexity index is 3380. The number of hydrogen-bond acceptors (Lipinski definition) is 3. The monoisotopic (exact) mass is 724 g/mol. The van der Waals surface area contributed by atoms with Gasteiger partial charge in [-0.25, -0.2) is 15.0 Å². The topological polar surface area (TPSA) is 43.6 Å². The molecule has 2 aromatic heterocycles. The molecule has 1 aliphatic carbocycles. The fraction of sp³-hybridized carbons (Fsp3) is 0. The summed E-state index contributed by atoms with van der Waals surface area (Å²) in [7, 11) is 0. The van der Waals surface area contributed by atoms with Gasteiger partial charge < -0.3 is 4.57 Å². The van der Waals surface area contributed by atoms with Crippen molar-refractivity contribution < 1.29 is 0 Å². The summed E-state index contributed by atoms with van der Waals surface area (Å²) in [6.07, 6.45) is 0. The smallest absolute Gasteiger partial charge is 0.164 e. The van der Waals surface area contributed by atoms with Gasteiger partial charge in [0.25, 0.3) is 0 Å². The minimum absolute atomic E-state index is 0.627. The molecule has 1 aliphatic rings. The van der Waals surface area contributed by atoms with Crippen LogP contribution in [0.15, 0.2) is 194 Å². The standard InChI is InChI=1S/C53H32N4/c1-3-13-33(14-4-1)34-25-27-37(28-26-34)52-54-51(36-16-5-2-6-17-36)55-53(56-52)38-18-11-19-39(31-38)57-46-30-29-35-15-7-8-20-40(35)49(46)50-44-24-12-23-43-41-21-9-10-22-42(41)45(48(43)44)32-47(50)57/h1-32H. The molecule has 0 atom stereocenters. The van der Waals surface area contributed by atoms with Crippen molar-refractivity contribution in [1.82, 2.24) is 19.5 Å². The summed E-state index contributed by atoms with van der Waals surface area (Å²) < 4.78 is 2.44. The van der Waals surface area contributed by atoms with E-state index in [0.29, 0.717) is 17.5 Å². The molecule has 0 saturated carbocycles. The number of benzene rings is 9. The van der Waals surface area contributed by atoms with Crippen molar-refractivity contribution in [2.75, 3.05) is 0 Å². The molecule has 57 heavy (non-hydrogen) atoms. The number of nitrogens with zero attached hydrogens (tertiary/aromatic N) is 4. The lowest BCUT2D eigenvalue weighted by Crippen LogP contribution is -2.01. The molecule has 12 rings (SSSR count). The third-order valence-electron chi connectivity index (χ3n) is 11.6. The van der Waals surface area contributed by atoms with E-state index in [-0.39, 0.29) is 0 Å². The van der Waals surface area contributed by atoms with Crippen molar-refractivity contribution in [3.8, 4) is 73.2 Å². The third kappa shape index (κ3) is 4.91. The zero-order valence-electron chi connectivity index (χ0n) is 30.8. The summed E-state index contributed by atoms with van der Waals surface area (Å²) in [6, 6.07) is 69.1. The Labute approximate surface area is 329 Å². The lowest BCUT2D eigenvalue weighted by atomic mass is 9.96. The van der Waals surface area contributed by atoms with Crippen molar-refractivity contribution in [2.24, 2.45) is 0 Å². The molecule has 2 heterocycles. The van der Waals surface area contributed by atoms with E-state index in [2.05, 4.69) is 174 Å². The summed E-state index contributed by atoms with van der Waals surface area (Å²) in [4.78, 5) is 15.3. The second kappa shape index (κ2) is 12.4. The van der Waals surface area contributed by atoms with Gasteiger partial charge in [-0.2, -0.15) is 0 Å². The van der Waals surface area contributed by atoms with Gasteiger partial charge >= 0.3 is 0 Å². The number of fused-ring (bicyclic) bond motifs is 9. The van der Waals surface area contributed by atoms with E-state index in [0.717, 1.165) is 27.9 Å². The summed E-state index contributed by atoms with van der Waals surface area (Å²) in [5, 5.41) is 7.62. The first-order valence-electron chi connectivity index (χ1n) is 19.4. The summed E-state index contributed by atoms with van der Waals surface area (Å²) in [6.45, 7) is 0. The highest BCUT2D eigenvalue weighted by Crippen LogP contribution is 2.51. The van der Waals surface area contributed by atoms with Gasteiger partial charge in [0.2, 0.25) is 0 Å². The Morgan fingerprint density at radius 3 is 1.60 bits per heavy atom. The van der Waals surface area contributed by atoms with Gasteiger partial charge in [-0.3, -0.25) is 0 Å². The molecule has 0 N–H and O–H groups in total. The molecule has 0 saturated heterocycles. The molecule has 4 heteroatoms. The van der Waals surface area contributed by atoms with Crippen LogP contribution in [0.4, 0.5) is 0 Å². The number of rotatable bonds is 5. The van der Waals surface area contributed by atoms with Gasteiger partial charge in [-0.05, 0) is 79.2 Å². The zero-order valence-corrected chi connectivity index (χ0v) is 30.8. The van der Waals surface area contributed by atoms with Gasteiger partial charge in [0.1, 0.15) is 0 Å². The maximum absolute atomic E-state index is 5.16. The van der Waals surface area contributed by atoms with Crippen LogP contribution in [0.3, 0.4) is 0 Å². The molecular weight excluding hydrogens is 693 g/mol. The Morgan fingerprint density at radius 1 is 0.298 bits per heavy atom. The van der Waals surface area contributed by atoms with E-state index in [1.165, 1.54) is 71.2 Å². The van der Waals surface area contributed by atoms with Gasteiger partial charge in [0.15, 0.2) is 17.5 Å². The van der Waals surface area contributed by atoms with Crippen LogP contribution < -0.4 is 0 Å². The van der Waals surface area contributed by atoms with Gasteiger partial charge in [-0.1, -0.05) is 170 Å². The largest absolute Gasteiger partial charge is 0.309 e. The van der Waals surface area contributed by atoms with Crippen LogP contribution in [0.5, 0.6) is 0 Å². The molecular formula is C53H32N4. The first-order chi connectivity index (χ1) is 28.3. The van der Waals surface area contributed by atoms with Crippen molar-refractivity contribution in [3.05, 3.63) is 194 Å². The highest BCUT2D eigenvalue weighted by Gasteiger charge is 2.26. The van der Waals surface area contributed by atoms with Gasteiger partial charge in [0, 0.05) is 33.2 Å². The van der Waals surface area contributed by atoms with E-state index >= 15 is 0 Å². The molecule has 0 aliphatic heterocycles. The molecule has 11 aromatic rings. The van der Waals surface area contributed by atoms with Crippen molar-refractivity contribution in [2.45, 2.75) is 0 Å². The van der Waals surface area contributed by atoms with Crippen LogP contribution in [-0.4, -0.2) is 19.5 Å². The van der Waals surface area contributed by atoms with Crippen LogP contribution in [-0.2, 0) is 0 Å². The van der Waals surface area contributed by atoms with Crippen LogP contribution in [0.25, 0.3) is 117 Å². The summed E-state index contributed by atoms with van der Waals surface area (Å²) in [5.74, 6) is 1.90. The fourth-order valence-corrected chi connectivity index (χ4v) is 8.99. The van der Waals surface area contributed by atoms with E-state index in [9.17, 15) is 0 Å². The Hall–Kier alpha value is -7.69. The first kappa shape index (κ1) is 31.6. The van der Waals surface area contributed by atoms with Crippen molar-refractivity contribution in [1.29, 1.82) is 0 Å². The minimum atomic E-state index is 0.627. The normalized spacial score (nSPS) is 11.9. The number of aromatic nitrogens is 4. The third-order valence-corrected chi connectivity index (χ3v) is 11.6. The molecule has 0 unspecified atom stereocenters. The Morgan fingerprint density at radius 2 is 0.825 bits per heavy atom. The molecule has 4 nitrogen and oxygen atoms in total. The maximum atomic E-state index is 5.16. The quantitative estimate of drug-likeness (QED) is 0.177. The maximum Gasteiger partial charge on any atom is 0.164 e. The fourth-order valence-electron chi connectivity index (χ4n) is 8.99. The van der Waals surface area contributed by atoms with Crippen molar-refractivity contribution in [3.63, 3.8) is 0 Å². The average Bonchev–Trinajstić information content (AvgIpc) is 3.81. The van der Waals surface area contributed by atoms with E-state index in [4.69, 9.17) is 15.0 Å². The van der Waals surface area contributed by atoms with Crippen molar-refractivity contribution >= 4 is 43.4 Å². The van der Waals surface area contributed by atoms with Gasteiger partial charge in [0.05, 0.1) is 11.0 Å².